The third-order valence-corrected chi connectivity index (χ3v) is 6.99. The number of carbonyl (C=O) groups is 1. The Morgan fingerprint density at radius 1 is 1.32 bits per heavy atom. The molecule has 31 heavy (non-hydrogen) atoms. The van der Waals surface area contributed by atoms with Crippen molar-refractivity contribution in [3.05, 3.63) is 35.7 Å². The van der Waals surface area contributed by atoms with Crippen LogP contribution in [-0.4, -0.2) is 42.0 Å². The quantitative estimate of drug-likeness (QED) is 0.545. The third-order valence-electron chi connectivity index (χ3n) is 6.17. The van der Waals surface area contributed by atoms with E-state index in [-0.39, 0.29) is 11.8 Å². The highest BCUT2D eigenvalue weighted by Gasteiger charge is 2.23. The molecular formula is C24H36N4O2S. The fourth-order valence-electron chi connectivity index (χ4n) is 4.10. The van der Waals surface area contributed by atoms with Crippen LogP contribution in [0.1, 0.15) is 63.8 Å². The van der Waals surface area contributed by atoms with Crippen molar-refractivity contribution >= 4 is 22.6 Å². The molecule has 0 bridgehead atoms. The average molecular weight is 445 g/mol. The number of ether oxygens (including phenoxy) is 1. The molecule has 0 saturated carbocycles. The maximum atomic E-state index is 12.5. The SMILES string of the molecule is CCCCC(CC)C(=O)NCC1CCN(c2nc(Cc3cccc(OC)c3)ns2)CC1. The van der Waals surface area contributed by atoms with Crippen molar-refractivity contribution in [1.29, 1.82) is 0 Å². The third kappa shape index (κ3) is 6.92. The number of anilines is 1. The zero-order chi connectivity index (χ0) is 22.1. The number of benzene rings is 1. The van der Waals surface area contributed by atoms with Crippen molar-refractivity contribution < 1.29 is 9.53 Å². The summed E-state index contributed by atoms with van der Waals surface area (Å²) in [5.74, 6) is 2.68. The largest absolute Gasteiger partial charge is 0.497 e. The van der Waals surface area contributed by atoms with Gasteiger partial charge in [-0.05, 0) is 49.3 Å². The van der Waals surface area contributed by atoms with Crippen LogP contribution in [0.25, 0.3) is 0 Å². The molecule has 0 spiro atoms. The molecule has 0 radical (unpaired) electrons. The van der Waals surface area contributed by atoms with Crippen LogP contribution < -0.4 is 15.0 Å². The van der Waals surface area contributed by atoms with Crippen LogP contribution in [0, 0.1) is 11.8 Å². The van der Waals surface area contributed by atoms with Crippen LogP contribution in [0.5, 0.6) is 5.75 Å². The minimum Gasteiger partial charge on any atom is -0.497 e. The lowest BCUT2D eigenvalue weighted by Crippen LogP contribution is -2.40. The summed E-state index contributed by atoms with van der Waals surface area (Å²) in [5.41, 5.74) is 1.16. The first kappa shape index (κ1) is 23.5. The van der Waals surface area contributed by atoms with E-state index in [1.165, 1.54) is 11.5 Å². The standard InChI is InChI=1S/C24H36N4O2S/c1-4-6-9-20(5-2)23(29)25-17-18-11-13-28(14-12-18)24-26-22(27-31-24)16-19-8-7-10-21(15-19)30-3/h7-8,10,15,18,20H,4-6,9,11-14,16-17H2,1-3H3,(H,25,29). The number of unbranched alkanes of at least 4 members (excludes halogenated alkanes) is 1. The van der Waals surface area contributed by atoms with E-state index in [1.54, 1.807) is 7.11 Å². The van der Waals surface area contributed by atoms with Crippen molar-refractivity contribution in [3.8, 4) is 5.75 Å². The normalized spacial score (nSPS) is 15.6. The Hall–Kier alpha value is -2.15. The van der Waals surface area contributed by atoms with E-state index in [4.69, 9.17) is 9.72 Å². The van der Waals surface area contributed by atoms with Gasteiger partial charge < -0.3 is 15.0 Å². The van der Waals surface area contributed by atoms with Crippen molar-refractivity contribution in [2.24, 2.45) is 11.8 Å². The summed E-state index contributed by atoms with van der Waals surface area (Å²) in [4.78, 5) is 19.6. The summed E-state index contributed by atoms with van der Waals surface area (Å²) in [7, 11) is 1.68. The van der Waals surface area contributed by atoms with Crippen LogP contribution in [0.2, 0.25) is 0 Å². The average Bonchev–Trinajstić information content (AvgIpc) is 3.27. The van der Waals surface area contributed by atoms with Gasteiger partial charge in [0.05, 0.1) is 7.11 Å². The summed E-state index contributed by atoms with van der Waals surface area (Å²) in [6.07, 6.45) is 7.09. The molecule has 0 aliphatic carbocycles. The van der Waals surface area contributed by atoms with Gasteiger partial charge in [0.1, 0.15) is 11.6 Å². The summed E-state index contributed by atoms with van der Waals surface area (Å²) in [6, 6.07) is 8.06. The summed E-state index contributed by atoms with van der Waals surface area (Å²) >= 11 is 1.48. The van der Waals surface area contributed by atoms with Gasteiger partial charge in [-0.25, -0.2) is 4.98 Å². The van der Waals surface area contributed by atoms with Gasteiger partial charge in [-0.1, -0.05) is 38.8 Å². The summed E-state index contributed by atoms with van der Waals surface area (Å²) in [6.45, 7) is 7.04. The number of hydrogen-bond acceptors (Lipinski definition) is 6. The Balaban J connectivity index is 1.44. The van der Waals surface area contributed by atoms with Gasteiger partial charge >= 0.3 is 0 Å². The Kier molecular flexibility index (Phi) is 9.13. The molecule has 1 aliphatic heterocycles. The monoisotopic (exact) mass is 444 g/mol. The van der Waals surface area contributed by atoms with Gasteiger partial charge in [-0.2, -0.15) is 4.37 Å². The van der Waals surface area contributed by atoms with Crippen LogP contribution in [0.15, 0.2) is 24.3 Å². The number of carbonyl (C=O) groups excluding carboxylic acids is 1. The van der Waals surface area contributed by atoms with Crippen LogP contribution in [0.4, 0.5) is 5.13 Å². The number of nitrogens with zero attached hydrogens (tertiary/aromatic N) is 3. The molecular weight excluding hydrogens is 408 g/mol. The maximum Gasteiger partial charge on any atom is 0.223 e. The molecule has 3 rings (SSSR count). The van der Waals surface area contributed by atoms with Crippen LogP contribution in [-0.2, 0) is 11.2 Å². The molecule has 1 aliphatic rings. The second-order valence-corrected chi connectivity index (χ2v) is 9.17. The van der Waals surface area contributed by atoms with E-state index in [0.29, 0.717) is 12.3 Å². The topological polar surface area (TPSA) is 67.4 Å². The van der Waals surface area contributed by atoms with Crippen molar-refractivity contribution in [2.75, 3.05) is 31.6 Å². The highest BCUT2D eigenvalue weighted by atomic mass is 32.1. The molecule has 6 nitrogen and oxygen atoms in total. The fraction of sp³-hybridized carbons (Fsp3) is 0.625. The zero-order valence-corrected chi connectivity index (χ0v) is 19.9. The number of methoxy groups -OCH3 is 1. The minimum atomic E-state index is 0.171. The highest BCUT2D eigenvalue weighted by molar-refractivity contribution is 7.09. The molecule has 2 aromatic rings. The Labute approximate surface area is 190 Å². The number of rotatable bonds is 11. The van der Waals surface area contributed by atoms with E-state index in [1.807, 2.05) is 18.2 Å². The Bertz CT molecular complexity index is 817. The first-order valence-corrected chi connectivity index (χ1v) is 12.4. The zero-order valence-electron chi connectivity index (χ0n) is 19.1. The fourth-order valence-corrected chi connectivity index (χ4v) is 4.84. The number of piperidine rings is 1. The molecule has 1 saturated heterocycles. The smallest absolute Gasteiger partial charge is 0.223 e. The first-order chi connectivity index (χ1) is 15.1. The van der Waals surface area contributed by atoms with E-state index in [2.05, 4.69) is 34.5 Å². The number of hydrogen-bond donors (Lipinski definition) is 1. The van der Waals surface area contributed by atoms with E-state index >= 15 is 0 Å². The number of nitrogens with one attached hydrogen (secondary N) is 1. The van der Waals surface area contributed by atoms with Crippen molar-refractivity contribution in [3.63, 3.8) is 0 Å². The lowest BCUT2D eigenvalue weighted by Gasteiger charge is -2.31. The van der Waals surface area contributed by atoms with Gasteiger partial charge in [0.25, 0.3) is 0 Å². The number of amides is 1. The van der Waals surface area contributed by atoms with Crippen molar-refractivity contribution in [2.45, 2.75) is 58.8 Å². The second kappa shape index (κ2) is 12.0. The Morgan fingerprint density at radius 2 is 2.13 bits per heavy atom. The predicted molar refractivity (Wildman–Crippen MR) is 127 cm³/mol. The molecule has 1 N–H and O–H groups in total. The minimum absolute atomic E-state index is 0.171. The predicted octanol–water partition coefficient (Wildman–Crippen LogP) is 4.69. The van der Waals surface area contributed by atoms with Crippen LogP contribution in [0.3, 0.4) is 0 Å². The summed E-state index contributed by atoms with van der Waals surface area (Å²) in [5, 5.41) is 4.22. The molecule has 1 unspecified atom stereocenters. The van der Waals surface area contributed by atoms with Gasteiger partial charge in [-0.15, -0.1) is 0 Å². The van der Waals surface area contributed by atoms with E-state index < -0.39 is 0 Å². The highest BCUT2D eigenvalue weighted by Crippen LogP contribution is 2.26. The van der Waals surface area contributed by atoms with Gasteiger partial charge in [0, 0.05) is 43.5 Å². The molecule has 2 heterocycles. The molecule has 1 amide bonds. The second-order valence-electron chi connectivity index (χ2n) is 8.44. The lowest BCUT2D eigenvalue weighted by molar-refractivity contribution is -0.125. The molecule has 1 atom stereocenters. The van der Waals surface area contributed by atoms with E-state index in [0.717, 1.165) is 80.4 Å². The maximum absolute atomic E-state index is 12.5. The van der Waals surface area contributed by atoms with E-state index in [9.17, 15) is 4.79 Å². The van der Waals surface area contributed by atoms with Gasteiger partial charge in [-0.3, -0.25) is 4.79 Å². The molecule has 1 aromatic heterocycles. The van der Waals surface area contributed by atoms with Gasteiger partial charge in [0.2, 0.25) is 11.0 Å². The molecule has 7 heteroatoms. The lowest BCUT2D eigenvalue weighted by atomic mass is 9.95. The molecule has 1 aromatic carbocycles. The first-order valence-electron chi connectivity index (χ1n) is 11.6. The van der Waals surface area contributed by atoms with Crippen LogP contribution >= 0.6 is 11.5 Å². The summed E-state index contributed by atoms with van der Waals surface area (Å²) < 4.78 is 9.87. The van der Waals surface area contributed by atoms with Gasteiger partial charge in [0.15, 0.2) is 0 Å². The molecule has 1 fully saturated rings. The Morgan fingerprint density at radius 3 is 2.84 bits per heavy atom. The molecule has 170 valence electrons. The van der Waals surface area contributed by atoms with Crippen molar-refractivity contribution in [1.82, 2.24) is 14.7 Å². The number of aromatic nitrogens is 2.